The van der Waals surface area contributed by atoms with Crippen LogP contribution in [0.5, 0.6) is 0 Å². The van der Waals surface area contributed by atoms with Crippen molar-refractivity contribution in [2.75, 3.05) is 6.61 Å². The molecule has 1 atom stereocenters. The van der Waals surface area contributed by atoms with Gasteiger partial charge in [0.2, 0.25) is 15.9 Å². The zero-order valence-corrected chi connectivity index (χ0v) is 15.4. The number of nitriles is 1. The maximum atomic E-state index is 12.7. The first-order valence-electron chi connectivity index (χ1n) is 8.13. The number of hydrogen-bond donors (Lipinski definition) is 1. The van der Waals surface area contributed by atoms with Gasteiger partial charge >= 0.3 is 5.97 Å². The van der Waals surface area contributed by atoms with Gasteiger partial charge in [-0.3, -0.25) is 9.59 Å². The van der Waals surface area contributed by atoms with Crippen LogP contribution in [-0.2, 0) is 26.1 Å². The van der Waals surface area contributed by atoms with Gasteiger partial charge in [-0.15, -0.1) is 0 Å². The lowest BCUT2D eigenvalue weighted by Gasteiger charge is -2.13. The summed E-state index contributed by atoms with van der Waals surface area (Å²) < 4.78 is 32.5. The standard InChI is InChI=1S/C19H18N2O5S/c1-2-26-19(23)16(12-20)18(22)15-10-6-7-11-17(15)27(24,25)21-13-14-8-4-3-5-9-14/h3-11,16,21H,2,13H2,1H3. The van der Waals surface area contributed by atoms with E-state index in [-0.39, 0.29) is 23.6 Å². The topological polar surface area (TPSA) is 113 Å². The second-order valence-electron chi connectivity index (χ2n) is 5.48. The highest BCUT2D eigenvalue weighted by Crippen LogP contribution is 2.20. The van der Waals surface area contributed by atoms with E-state index in [1.54, 1.807) is 37.3 Å². The van der Waals surface area contributed by atoms with Crippen LogP contribution in [0.4, 0.5) is 0 Å². The van der Waals surface area contributed by atoms with Gasteiger partial charge in [-0.1, -0.05) is 42.5 Å². The molecule has 1 N–H and O–H groups in total. The molecular weight excluding hydrogens is 368 g/mol. The minimum atomic E-state index is -4.05. The molecule has 0 aliphatic carbocycles. The predicted octanol–water partition coefficient (Wildman–Crippen LogP) is 2.05. The van der Waals surface area contributed by atoms with E-state index < -0.39 is 27.7 Å². The summed E-state index contributed by atoms with van der Waals surface area (Å²) in [5.41, 5.74) is 0.504. The van der Waals surface area contributed by atoms with E-state index in [2.05, 4.69) is 4.72 Å². The highest BCUT2D eigenvalue weighted by Gasteiger charge is 2.32. The van der Waals surface area contributed by atoms with Crippen molar-refractivity contribution >= 4 is 21.8 Å². The second-order valence-corrected chi connectivity index (χ2v) is 7.22. The first-order valence-corrected chi connectivity index (χ1v) is 9.62. The van der Waals surface area contributed by atoms with Gasteiger partial charge in [0.25, 0.3) is 0 Å². The summed E-state index contributed by atoms with van der Waals surface area (Å²) in [6, 6.07) is 15.9. The van der Waals surface area contributed by atoms with Crippen LogP contribution in [0.25, 0.3) is 0 Å². The lowest BCUT2D eigenvalue weighted by atomic mass is 9.99. The molecule has 0 amide bonds. The van der Waals surface area contributed by atoms with Crippen molar-refractivity contribution in [2.45, 2.75) is 18.4 Å². The minimum absolute atomic E-state index is 0.00285. The Balaban J connectivity index is 2.32. The van der Waals surface area contributed by atoms with Crippen molar-refractivity contribution in [1.82, 2.24) is 4.72 Å². The van der Waals surface area contributed by atoms with Crippen molar-refractivity contribution in [3.63, 3.8) is 0 Å². The summed E-state index contributed by atoms with van der Waals surface area (Å²) in [7, 11) is -4.05. The monoisotopic (exact) mass is 386 g/mol. The molecule has 0 aromatic heterocycles. The number of rotatable bonds is 8. The quantitative estimate of drug-likeness (QED) is 0.422. The van der Waals surface area contributed by atoms with Crippen molar-refractivity contribution in [3.05, 3.63) is 65.7 Å². The summed E-state index contributed by atoms with van der Waals surface area (Å²) in [4.78, 5) is 24.2. The van der Waals surface area contributed by atoms with Crippen LogP contribution in [0, 0.1) is 17.2 Å². The third-order valence-electron chi connectivity index (χ3n) is 3.66. The number of Topliss-reactive ketones (excluding diaryl/α,β-unsaturated/α-hetero) is 1. The number of nitrogens with one attached hydrogen (secondary N) is 1. The average molecular weight is 386 g/mol. The highest BCUT2D eigenvalue weighted by molar-refractivity contribution is 7.89. The fourth-order valence-electron chi connectivity index (χ4n) is 2.36. The molecule has 0 radical (unpaired) electrons. The molecule has 0 bridgehead atoms. The number of carbonyl (C=O) groups is 2. The van der Waals surface area contributed by atoms with Gasteiger partial charge in [0.05, 0.1) is 17.6 Å². The van der Waals surface area contributed by atoms with Gasteiger partial charge in [0.15, 0.2) is 5.78 Å². The van der Waals surface area contributed by atoms with Crippen LogP contribution in [0.1, 0.15) is 22.8 Å². The molecule has 0 heterocycles. The number of benzene rings is 2. The Hall–Kier alpha value is -3.02. The van der Waals surface area contributed by atoms with Gasteiger partial charge in [-0.2, -0.15) is 5.26 Å². The Bertz CT molecular complexity index is 965. The molecular formula is C19H18N2O5S. The fourth-order valence-corrected chi connectivity index (χ4v) is 3.58. The number of ether oxygens (including phenoxy) is 1. The summed E-state index contributed by atoms with van der Waals surface area (Å²) in [5, 5.41) is 9.16. The van der Waals surface area contributed by atoms with Gasteiger partial charge in [0.1, 0.15) is 0 Å². The molecule has 27 heavy (non-hydrogen) atoms. The molecule has 0 fully saturated rings. The number of sulfonamides is 1. The Labute approximate surface area is 157 Å². The van der Waals surface area contributed by atoms with Crippen molar-refractivity contribution in [3.8, 4) is 6.07 Å². The van der Waals surface area contributed by atoms with Crippen LogP contribution in [0.3, 0.4) is 0 Å². The predicted molar refractivity (Wildman–Crippen MR) is 97.0 cm³/mol. The maximum absolute atomic E-state index is 12.7. The van der Waals surface area contributed by atoms with E-state index in [4.69, 9.17) is 10.00 Å². The molecule has 2 aromatic rings. The number of hydrogen-bond acceptors (Lipinski definition) is 6. The smallest absolute Gasteiger partial charge is 0.331 e. The lowest BCUT2D eigenvalue weighted by molar-refractivity contribution is -0.144. The van der Waals surface area contributed by atoms with Gasteiger partial charge in [-0.25, -0.2) is 13.1 Å². The molecule has 2 rings (SSSR count). The van der Waals surface area contributed by atoms with E-state index >= 15 is 0 Å². The van der Waals surface area contributed by atoms with Crippen LogP contribution in [0.15, 0.2) is 59.5 Å². The molecule has 8 heteroatoms. The molecule has 1 unspecified atom stereocenters. The summed E-state index contributed by atoms with van der Waals surface area (Å²) in [6.07, 6.45) is 0. The van der Waals surface area contributed by atoms with E-state index in [1.165, 1.54) is 24.3 Å². The van der Waals surface area contributed by atoms with E-state index in [0.717, 1.165) is 5.56 Å². The molecule has 7 nitrogen and oxygen atoms in total. The second kappa shape index (κ2) is 9.07. The number of esters is 1. The van der Waals surface area contributed by atoms with Gasteiger partial charge < -0.3 is 4.74 Å². The fraction of sp³-hybridized carbons (Fsp3) is 0.211. The Morgan fingerprint density at radius 1 is 1.11 bits per heavy atom. The van der Waals surface area contributed by atoms with E-state index in [1.807, 2.05) is 6.07 Å². The van der Waals surface area contributed by atoms with E-state index in [9.17, 15) is 18.0 Å². The number of nitrogens with zero attached hydrogens (tertiary/aromatic N) is 1. The third kappa shape index (κ3) is 5.00. The molecule has 0 saturated heterocycles. The summed E-state index contributed by atoms with van der Waals surface area (Å²) in [5.74, 6) is -3.65. The van der Waals surface area contributed by atoms with Crippen LogP contribution >= 0.6 is 0 Å². The van der Waals surface area contributed by atoms with Crippen LogP contribution < -0.4 is 4.72 Å². The summed E-state index contributed by atoms with van der Waals surface area (Å²) >= 11 is 0. The Morgan fingerprint density at radius 2 is 1.74 bits per heavy atom. The highest BCUT2D eigenvalue weighted by atomic mass is 32.2. The molecule has 0 saturated carbocycles. The summed E-state index contributed by atoms with van der Waals surface area (Å²) in [6.45, 7) is 1.58. The number of ketones is 1. The van der Waals surface area contributed by atoms with Crippen molar-refractivity contribution in [2.24, 2.45) is 5.92 Å². The first-order chi connectivity index (χ1) is 12.9. The minimum Gasteiger partial charge on any atom is -0.465 e. The zero-order chi connectivity index (χ0) is 19.9. The molecule has 0 aliphatic heterocycles. The molecule has 0 spiro atoms. The third-order valence-corrected chi connectivity index (χ3v) is 5.12. The largest absolute Gasteiger partial charge is 0.465 e. The van der Waals surface area contributed by atoms with Gasteiger partial charge in [-0.05, 0) is 24.6 Å². The van der Waals surface area contributed by atoms with Crippen LogP contribution in [-0.4, -0.2) is 26.8 Å². The molecule has 0 aliphatic rings. The molecule has 2 aromatic carbocycles. The SMILES string of the molecule is CCOC(=O)C(C#N)C(=O)c1ccccc1S(=O)(=O)NCc1ccccc1. The zero-order valence-electron chi connectivity index (χ0n) is 14.6. The first kappa shape index (κ1) is 20.3. The Morgan fingerprint density at radius 3 is 2.37 bits per heavy atom. The maximum Gasteiger partial charge on any atom is 0.331 e. The average Bonchev–Trinajstić information content (AvgIpc) is 2.68. The normalized spacial score (nSPS) is 12.0. The lowest BCUT2D eigenvalue weighted by Crippen LogP contribution is -2.29. The van der Waals surface area contributed by atoms with E-state index in [0.29, 0.717) is 0 Å². The van der Waals surface area contributed by atoms with Crippen molar-refractivity contribution < 1.29 is 22.7 Å². The molecule has 140 valence electrons. The van der Waals surface area contributed by atoms with Crippen molar-refractivity contribution in [1.29, 1.82) is 5.26 Å². The van der Waals surface area contributed by atoms with Gasteiger partial charge in [0, 0.05) is 12.1 Å². The Kier molecular flexibility index (Phi) is 6.82. The number of carbonyl (C=O) groups excluding carboxylic acids is 2. The van der Waals surface area contributed by atoms with Crippen LogP contribution in [0.2, 0.25) is 0 Å².